The largest absolute Gasteiger partial charge is 0.497 e. The summed E-state index contributed by atoms with van der Waals surface area (Å²) in [6.07, 6.45) is 3.98. The molecule has 0 amide bonds. The molecule has 0 atom stereocenters. The van der Waals surface area contributed by atoms with Gasteiger partial charge in [0.1, 0.15) is 18.3 Å². The van der Waals surface area contributed by atoms with Crippen LogP contribution in [0.4, 0.5) is 4.39 Å². The monoisotopic (exact) mass is 187 g/mol. The molecule has 0 N–H and O–H groups in total. The van der Waals surface area contributed by atoms with E-state index in [0.717, 1.165) is 4.90 Å². The summed E-state index contributed by atoms with van der Waals surface area (Å²) in [6, 6.07) is 4.98. The van der Waals surface area contributed by atoms with E-state index >= 15 is 0 Å². The van der Waals surface area contributed by atoms with Gasteiger partial charge in [-0.3, -0.25) is 0 Å². The van der Waals surface area contributed by atoms with Crippen LogP contribution in [0.2, 0.25) is 0 Å². The molecule has 1 aromatic carbocycles. The first-order valence-corrected chi connectivity index (χ1v) is 5.60. The topological polar surface area (TPSA) is 9.23 Å². The average molecular weight is 187 g/mol. The molecule has 12 heavy (non-hydrogen) atoms. The molecule has 0 fully saturated rings. The maximum Gasteiger partial charge on any atom is 0.190 e. The lowest BCUT2D eigenvalue weighted by Crippen LogP contribution is -1.99. The summed E-state index contributed by atoms with van der Waals surface area (Å²) in [5, 5.41) is 0. The van der Waals surface area contributed by atoms with Gasteiger partial charge < -0.3 is 4.74 Å². The molecule has 0 heterocycles. The molecule has 0 aliphatic heterocycles. The van der Waals surface area contributed by atoms with E-state index < -0.39 is 0 Å². The van der Waals surface area contributed by atoms with Crippen LogP contribution in [0.5, 0.6) is 5.75 Å². The fourth-order valence-corrected chi connectivity index (χ4v) is 1.73. The van der Waals surface area contributed by atoms with E-state index in [-0.39, 0.29) is 16.7 Å². The Morgan fingerprint density at radius 1 is 1.33 bits per heavy atom. The Kier molecular flexibility index (Phi) is 2.98. The quantitative estimate of drug-likeness (QED) is 0.644. The molecule has 0 saturated carbocycles. The predicted octanol–water partition coefficient (Wildman–Crippen LogP) is 2.07. The number of hydrogen-bond donors (Lipinski definition) is 0. The fraction of sp³-hybridized carbons (Fsp3) is 0.333. The first-order chi connectivity index (χ1) is 5.65. The minimum atomic E-state index is -0.178. The first kappa shape index (κ1) is 9.39. The van der Waals surface area contributed by atoms with Crippen molar-refractivity contribution in [1.29, 1.82) is 0 Å². The van der Waals surface area contributed by atoms with Crippen LogP contribution in [0, 0.1) is 5.82 Å². The van der Waals surface area contributed by atoms with Crippen molar-refractivity contribution in [3.63, 3.8) is 0 Å². The third kappa shape index (κ3) is 1.91. The zero-order valence-electron chi connectivity index (χ0n) is 7.43. The van der Waals surface area contributed by atoms with Gasteiger partial charge in [0.05, 0.1) is 7.11 Å². The highest BCUT2D eigenvalue weighted by Gasteiger charge is 2.14. The van der Waals surface area contributed by atoms with Gasteiger partial charge in [-0.25, -0.2) is 4.39 Å². The Bertz CT molecular complexity index is 273. The SMILES string of the molecule is COc1ccc([S+](C)C)c(F)c1. The highest BCUT2D eigenvalue weighted by Crippen LogP contribution is 2.19. The number of benzene rings is 1. The molecule has 0 spiro atoms. The minimum absolute atomic E-state index is 0.0313. The smallest absolute Gasteiger partial charge is 0.190 e. The molecule has 1 rings (SSSR count). The molecule has 0 unspecified atom stereocenters. The van der Waals surface area contributed by atoms with Crippen molar-refractivity contribution >= 4 is 10.9 Å². The number of methoxy groups -OCH3 is 1. The van der Waals surface area contributed by atoms with Crippen LogP contribution in [0.3, 0.4) is 0 Å². The molecule has 0 aromatic heterocycles. The summed E-state index contributed by atoms with van der Waals surface area (Å²) in [7, 11) is 1.50. The van der Waals surface area contributed by atoms with Crippen LogP contribution < -0.4 is 4.74 Å². The lowest BCUT2D eigenvalue weighted by atomic mass is 10.3. The highest BCUT2D eigenvalue weighted by atomic mass is 32.2. The summed E-state index contributed by atoms with van der Waals surface area (Å²) in [6.45, 7) is 0. The molecule has 0 bridgehead atoms. The molecule has 0 saturated heterocycles. The molecule has 1 nitrogen and oxygen atoms in total. The number of halogens is 1. The van der Waals surface area contributed by atoms with Gasteiger partial charge in [0.2, 0.25) is 0 Å². The van der Waals surface area contributed by atoms with Crippen LogP contribution in [0.1, 0.15) is 0 Å². The molecule has 0 aliphatic rings. The maximum atomic E-state index is 13.2. The summed E-state index contributed by atoms with van der Waals surface area (Å²) in [5.41, 5.74) is 0. The van der Waals surface area contributed by atoms with Crippen molar-refractivity contribution in [2.75, 3.05) is 19.6 Å². The third-order valence-electron chi connectivity index (χ3n) is 1.58. The number of rotatable bonds is 2. The molecule has 0 radical (unpaired) electrons. The predicted molar refractivity (Wildman–Crippen MR) is 50.4 cm³/mol. The van der Waals surface area contributed by atoms with Crippen LogP contribution >= 0.6 is 0 Å². The Hall–Kier alpha value is -0.700. The molecule has 1 aromatic rings. The average Bonchev–Trinajstić information content (AvgIpc) is 2.03. The molecule has 0 aliphatic carbocycles. The zero-order chi connectivity index (χ0) is 9.14. The normalized spacial score (nSPS) is 10.4. The van der Waals surface area contributed by atoms with Crippen LogP contribution in [0.25, 0.3) is 0 Å². The van der Waals surface area contributed by atoms with Crippen LogP contribution in [-0.4, -0.2) is 19.6 Å². The van der Waals surface area contributed by atoms with Crippen LogP contribution in [0.15, 0.2) is 23.1 Å². The van der Waals surface area contributed by atoms with Crippen LogP contribution in [-0.2, 0) is 10.9 Å². The summed E-state index contributed by atoms with van der Waals surface area (Å²) >= 11 is 0. The van der Waals surface area contributed by atoms with Crippen molar-refractivity contribution in [3.8, 4) is 5.75 Å². The third-order valence-corrected chi connectivity index (χ3v) is 2.79. The van der Waals surface area contributed by atoms with Gasteiger partial charge in [-0.05, 0) is 12.1 Å². The lowest BCUT2D eigenvalue weighted by molar-refractivity contribution is 0.410. The van der Waals surface area contributed by atoms with Crippen molar-refractivity contribution in [1.82, 2.24) is 0 Å². The standard InChI is InChI=1S/C9H12FOS/c1-11-7-4-5-9(12(2)3)8(10)6-7/h4-6H,1-3H3/q+1. The lowest BCUT2D eigenvalue weighted by Gasteiger charge is -2.01. The van der Waals surface area contributed by atoms with Gasteiger partial charge in [0.25, 0.3) is 0 Å². The van der Waals surface area contributed by atoms with Gasteiger partial charge >= 0.3 is 0 Å². The zero-order valence-corrected chi connectivity index (χ0v) is 8.24. The number of hydrogen-bond acceptors (Lipinski definition) is 1. The second-order valence-corrected chi connectivity index (χ2v) is 4.69. The van der Waals surface area contributed by atoms with Crippen molar-refractivity contribution < 1.29 is 9.13 Å². The maximum absolute atomic E-state index is 13.2. The molecular formula is C9H12FOS+. The second kappa shape index (κ2) is 3.81. The highest BCUT2D eigenvalue weighted by molar-refractivity contribution is 7.95. The molecule has 3 heteroatoms. The van der Waals surface area contributed by atoms with E-state index in [9.17, 15) is 4.39 Å². The first-order valence-electron chi connectivity index (χ1n) is 3.56. The van der Waals surface area contributed by atoms with Crippen molar-refractivity contribution in [2.24, 2.45) is 0 Å². The Balaban J connectivity index is 3.03. The van der Waals surface area contributed by atoms with Gasteiger partial charge in [0.15, 0.2) is 10.7 Å². The Labute approximate surface area is 74.9 Å². The van der Waals surface area contributed by atoms with Gasteiger partial charge in [-0.1, -0.05) is 0 Å². The van der Waals surface area contributed by atoms with Crippen molar-refractivity contribution in [3.05, 3.63) is 24.0 Å². The Morgan fingerprint density at radius 2 is 2.00 bits per heavy atom. The summed E-state index contributed by atoms with van der Waals surface area (Å²) in [4.78, 5) is 0.760. The minimum Gasteiger partial charge on any atom is -0.497 e. The van der Waals surface area contributed by atoms with E-state index in [1.165, 1.54) is 13.2 Å². The van der Waals surface area contributed by atoms with Gasteiger partial charge in [-0.15, -0.1) is 0 Å². The van der Waals surface area contributed by atoms with E-state index in [2.05, 4.69) is 0 Å². The molecular weight excluding hydrogens is 175 g/mol. The summed E-state index contributed by atoms with van der Waals surface area (Å²) in [5.74, 6) is 0.393. The molecule has 66 valence electrons. The Morgan fingerprint density at radius 3 is 2.42 bits per heavy atom. The van der Waals surface area contributed by atoms with E-state index in [1.54, 1.807) is 12.1 Å². The fourth-order valence-electron chi connectivity index (χ4n) is 0.940. The summed E-state index contributed by atoms with van der Waals surface area (Å²) < 4.78 is 18.1. The van der Waals surface area contributed by atoms with Gasteiger partial charge in [-0.2, -0.15) is 0 Å². The number of ether oxygens (including phenoxy) is 1. The van der Waals surface area contributed by atoms with E-state index in [1.807, 2.05) is 12.5 Å². The van der Waals surface area contributed by atoms with E-state index in [4.69, 9.17) is 4.74 Å². The second-order valence-electron chi connectivity index (χ2n) is 2.61. The van der Waals surface area contributed by atoms with Gasteiger partial charge in [0, 0.05) is 17.0 Å². The van der Waals surface area contributed by atoms with E-state index in [0.29, 0.717) is 5.75 Å². The van der Waals surface area contributed by atoms with Crippen molar-refractivity contribution in [2.45, 2.75) is 4.90 Å².